The maximum atomic E-state index is 12.6. The number of aromatic nitrogens is 3. The van der Waals surface area contributed by atoms with Gasteiger partial charge in [-0.2, -0.15) is 18.2 Å². The quantitative estimate of drug-likeness (QED) is 0.663. The number of benzene rings is 1. The van der Waals surface area contributed by atoms with Crippen molar-refractivity contribution in [1.82, 2.24) is 20.0 Å². The second kappa shape index (κ2) is 7.53. The van der Waals surface area contributed by atoms with E-state index in [-0.39, 0.29) is 17.8 Å². The number of alkyl halides is 3. The number of pyridine rings is 1. The van der Waals surface area contributed by atoms with Crippen molar-refractivity contribution in [2.45, 2.75) is 18.7 Å². The molecule has 7 nitrogen and oxygen atoms in total. The Kier molecular flexibility index (Phi) is 4.91. The van der Waals surface area contributed by atoms with E-state index < -0.39 is 12.1 Å². The molecule has 3 aromatic rings. The summed E-state index contributed by atoms with van der Waals surface area (Å²) in [6, 6.07) is 11.5. The van der Waals surface area contributed by atoms with Gasteiger partial charge in [-0.05, 0) is 24.3 Å². The molecule has 0 N–H and O–H groups in total. The number of carbonyl (C=O) groups excluding carboxylic acids is 1. The Hall–Kier alpha value is -3.43. The zero-order valence-corrected chi connectivity index (χ0v) is 15.0. The first-order chi connectivity index (χ1) is 13.9. The first-order valence-electron chi connectivity index (χ1n) is 8.78. The highest BCUT2D eigenvalue weighted by atomic mass is 19.4. The summed E-state index contributed by atoms with van der Waals surface area (Å²) in [5, 5.41) is 3.37. The van der Waals surface area contributed by atoms with Crippen LogP contribution in [0.3, 0.4) is 0 Å². The summed E-state index contributed by atoms with van der Waals surface area (Å²) in [6.45, 7) is 0.916. The van der Waals surface area contributed by atoms with E-state index >= 15 is 0 Å². The monoisotopic (exact) mass is 404 g/mol. The van der Waals surface area contributed by atoms with Crippen LogP contribution in [0.4, 0.5) is 13.2 Å². The van der Waals surface area contributed by atoms with Gasteiger partial charge in [0.05, 0.1) is 6.54 Å². The van der Waals surface area contributed by atoms with Crippen molar-refractivity contribution in [2.75, 3.05) is 13.1 Å². The molecular formula is C19H15F3N4O3. The molecule has 1 saturated heterocycles. The molecule has 1 aliphatic heterocycles. The predicted octanol–water partition coefficient (Wildman–Crippen LogP) is 3.44. The van der Waals surface area contributed by atoms with Gasteiger partial charge in [-0.1, -0.05) is 23.4 Å². The zero-order valence-electron chi connectivity index (χ0n) is 15.0. The van der Waals surface area contributed by atoms with Gasteiger partial charge in [-0.3, -0.25) is 9.78 Å². The fourth-order valence-electron chi connectivity index (χ4n) is 3.02. The lowest BCUT2D eigenvalue weighted by molar-refractivity contribution is -0.159. The fourth-order valence-corrected chi connectivity index (χ4v) is 3.02. The summed E-state index contributed by atoms with van der Waals surface area (Å²) < 4.78 is 48.1. The zero-order chi connectivity index (χ0) is 20.4. The van der Waals surface area contributed by atoms with Gasteiger partial charge in [-0.25, -0.2) is 0 Å². The van der Waals surface area contributed by atoms with Crippen LogP contribution in [-0.4, -0.2) is 45.1 Å². The number of halogens is 3. The van der Waals surface area contributed by atoms with Crippen LogP contribution in [0.15, 0.2) is 53.2 Å². The number of amides is 1. The van der Waals surface area contributed by atoms with Gasteiger partial charge in [0, 0.05) is 24.7 Å². The third-order valence-corrected chi connectivity index (χ3v) is 4.38. The number of carbonyl (C=O) groups is 1. The molecule has 0 aliphatic carbocycles. The molecule has 0 bridgehead atoms. The second-order valence-corrected chi connectivity index (χ2v) is 6.44. The van der Waals surface area contributed by atoms with Crippen molar-refractivity contribution in [3.8, 4) is 17.1 Å². The van der Waals surface area contributed by atoms with Crippen LogP contribution in [0.1, 0.15) is 22.8 Å². The lowest BCUT2D eigenvalue weighted by atomic mass is 10.2. The van der Waals surface area contributed by atoms with Crippen LogP contribution >= 0.6 is 0 Å². The van der Waals surface area contributed by atoms with E-state index in [0.29, 0.717) is 36.5 Å². The van der Waals surface area contributed by atoms with Crippen molar-refractivity contribution < 1.29 is 27.2 Å². The van der Waals surface area contributed by atoms with Gasteiger partial charge >= 0.3 is 12.1 Å². The second-order valence-electron chi connectivity index (χ2n) is 6.44. The Labute approximate surface area is 163 Å². The minimum atomic E-state index is -4.70. The minimum Gasteiger partial charge on any atom is -0.488 e. The number of hydrogen-bond donors (Lipinski definition) is 0. The van der Waals surface area contributed by atoms with E-state index in [9.17, 15) is 18.0 Å². The van der Waals surface area contributed by atoms with Crippen LogP contribution in [0.2, 0.25) is 0 Å². The van der Waals surface area contributed by atoms with Crippen LogP contribution < -0.4 is 4.74 Å². The summed E-state index contributed by atoms with van der Waals surface area (Å²) >= 11 is 0. The maximum Gasteiger partial charge on any atom is 0.471 e. The van der Waals surface area contributed by atoms with Gasteiger partial charge in [0.25, 0.3) is 5.91 Å². The van der Waals surface area contributed by atoms with Crippen LogP contribution in [0.25, 0.3) is 11.4 Å². The van der Waals surface area contributed by atoms with E-state index in [2.05, 4.69) is 19.6 Å². The molecular weight excluding hydrogens is 389 g/mol. The number of likely N-dealkylation sites (tertiary alicyclic amines) is 1. The molecule has 0 radical (unpaired) electrons. The van der Waals surface area contributed by atoms with Gasteiger partial charge in [0.1, 0.15) is 17.5 Å². The largest absolute Gasteiger partial charge is 0.488 e. The van der Waals surface area contributed by atoms with E-state index in [0.717, 1.165) is 0 Å². The lowest BCUT2D eigenvalue weighted by Crippen LogP contribution is -2.31. The molecule has 10 heteroatoms. The molecule has 0 saturated carbocycles. The van der Waals surface area contributed by atoms with Crippen LogP contribution in [0, 0.1) is 0 Å². The third-order valence-electron chi connectivity index (χ3n) is 4.38. The standard InChI is InChI=1S/C19H15F3N4O3/c20-19(21,22)18-24-16(25-29-18)12-4-3-5-13(10-12)28-14-7-9-26(11-14)17(27)15-6-1-2-8-23-15/h1-6,8,10,14H,7,9,11H2/t14-/m0/s1. The number of hydrogen-bond acceptors (Lipinski definition) is 6. The highest BCUT2D eigenvalue weighted by Crippen LogP contribution is 2.30. The molecule has 1 aliphatic rings. The van der Waals surface area contributed by atoms with Gasteiger partial charge in [0.2, 0.25) is 5.82 Å². The molecule has 1 atom stereocenters. The third kappa shape index (κ3) is 4.20. The van der Waals surface area contributed by atoms with Crippen LogP contribution in [-0.2, 0) is 6.18 Å². The molecule has 1 amide bonds. The Morgan fingerprint density at radius 2 is 2.07 bits per heavy atom. The molecule has 1 aromatic carbocycles. The van der Waals surface area contributed by atoms with Crippen molar-refractivity contribution in [3.05, 3.63) is 60.2 Å². The minimum absolute atomic E-state index is 0.170. The maximum absolute atomic E-state index is 12.6. The Morgan fingerprint density at radius 1 is 1.21 bits per heavy atom. The van der Waals surface area contributed by atoms with Gasteiger partial charge in [-0.15, -0.1) is 0 Å². The fraction of sp³-hybridized carbons (Fsp3) is 0.263. The SMILES string of the molecule is O=C(c1ccccn1)N1CC[C@H](Oc2cccc(-c3noc(C(F)(F)F)n3)c2)C1. The molecule has 2 aromatic heterocycles. The van der Waals surface area contributed by atoms with Gasteiger partial charge in [0.15, 0.2) is 0 Å². The first-order valence-corrected chi connectivity index (χ1v) is 8.78. The predicted molar refractivity (Wildman–Crippen MR) is 93.9 cm³/mol. The summed E-state index contributed by atoms with van der Waals surface area (Å²) in [7, 11) is 0. The van der Waals surface area contributed by atoms with Crippen molar-refractivity contribution in [2.24, 2.45) is 0 Å². The summed E-state index contributed by atoms with van der Waals surface area (Å²) in [5.41, 5.74) is 0.703. The lowest BCUT2D eigenvalue weighted by Gasteiger charge is -2.17. The molecule has 29 heavy (non-hydrogen) atoms. The van der Waals surface area contributed by atoms with E-state index in [1.807, 2.05) is 0 Å². The number of ether oxygens (including phenoxy) is 1. The van der Waals surface area contributed by atoms with Gasteiger partial charge < -0.3 is 14.2 Å². The number of rotatable bonds is 4. The molecule has 4 rings (SSSR count). The van der Waals surface area contributed by atoms with E-state index in [4.69, 9.17) is 4.74 Å². The molecule has 150 valence electrons. The first kappa shape index (κ1) is 18.9. The average molecular weight is 404 g/mol. The van der Waals surface area contributed by atoms with Crippen molar-refractivity contribution >= 4 is 5.91 Å². The summed E-state index contributed by atoms with van der Waals surface area (Å²) in [4.78, 5) is 21.6. The smallest absolute Gasteiger partial charge is 0.471 e. The molecule has 3 heterocycles. The normalized spacial score (nSPS) is 16.8. The Morgan fingerprint density at radius 3 is 2.79 bits per heavy atom. The highest BCUT2D eigenvalue weighted by Gasteiger charge is 2.38. The number of nitrogens with zero attached hydrogens (tertiary/aromatic N) is 4. The Bertz CT molecular complexity index is 1010. The molecule has 1 fully saturated rings. The Balaban J connectivity index is 1.42. The van der Waals surface area contributed by atoms with E-state index in [1.165, 1.54) is 6.07 Å². The van der Waals surface area contributed by atoms with E-state index in [1.54, 1.807) is 47.5 Å². The van der Waals surface area contributed by atoms with Crippen molar-refractivity contribution in [1.29, 1.82) is 0 Å². The average Bonchev–Trinajstić information content (AvgIpc) is 3.38. The topological polar surface area (TPSA) is 81.4 Å². The molecule has 0 spiro atoms. The van der Waals surface area contributed by atoms with Crippen molar-refractivity contribution in [3.63, 3.8) is 0 Å². The van der Waals surface area contributed by atoms with Crippen LogP contribution in [0.5, 0.6) is 5.75 Å². The highest BCUT2D eigenvalue weighted by molar-refractivity contribution is 5.92. The summed E-state index contributed by atoms with van der Waals surface area (Å²) in [6.07, 6.45) is -2.75. The molecule has 0 unspecified atom stereocenters. The summed E-state index contributed by atoms with van der Waals surface area (Å²) in [5.74, 6) is -1.31.